The predicted octanol–water partition coefficient (Wildman–Crippen LogP) is 2.09. The van der Waals surface area contributed by atoms with Crippen molar-refractivity contribution in [2.45, 2.75) is 0 Å². The van der Waals surface area contributed by atoms with E-state index in [1.807, 2.05) is 7.05 Å². The van der Waals surface area contributed by atoms with E-state index in [0.29, 0.717) is 24.2 Å². The van der Waals surface area contributed by atoms with Gasteiger partial charge in [0.05, 0.1) is 6.20 Å². The molecular formula is C20H18F2N4O3. The van der Waals surface area contributed by atoms with Gasteiger partial charge in [-0.3, -0.25) is 9.20 Å². The van der Waals surface area contributed by atoms with Crippen LogP contribution in [0.3, 0.4) is 0 Å². The minimum atomic E-state index is -1.43. The summed E-state index contributed by atoms with van der Waals surface area (Å²) in [4.78, 5) is 32.4. The Morgan fingerprint density at radius 2 is 1.76 bits per heavy atom. The van der Waals surface area contributed by atoms with Gasteiger partial charge in [-0.25, -0.2) is 18.6 Å². The van der Waals surface area contributed by atoms with Gasteiger partial charge in [0.25, 0.3) is 5.56 Å². The first-order valence-corrected chi connectivity index (χ1v) is 9.04. The highest BCUT2D eigenvalue weighted by Crippen LogP contribution is 2.27. The molecule has 0 unspecified atom stereocenters. The molecule has 1 aliphatic heterocycles. The Morgan fingerprint density at radius 3 is 2.38 bits per heavy atom. The van der Waals surface area contributed by atoms with Crippen LogP contribution in [-0.2, 0) is 0 Å². The number of aromatic nitrogens is 2. The smallest absolute Gasteiger partial charge is 0.341 e. The molecule has 2 aromatic heterocycles. The molecule has 0 aliphatic carbocycles. The molecule has 1 aliphatic rings. The summed E-state index contributed by atoms with van der Waals surface area (Å²) in [5, 5.41) is 9.39. The number of aromatic carboxylic acids is 1. The molecule has 0 saturated carbocycles. The van der Waals surface area contributed by atoms with Gasteiger partial charge < -0.3 is 14.9 Å². The lowest BCUT2D eigenvalue weighted by Crippen LogP contribution is -2.45. The maximum absolute atomic E-state index is 14.8. The van der Waals surface area contributed by atoms with Crippen molar-refractivity contribution >= 4 is 17.4 Å². The summed E-state index contributed by atoms with van der Waals surface area (Å²) in [6, 6.07) is 6.57. The van der Waals surface area contributed by atoms with Crippen molar-refractivity contribution in [3.8, 4) is 11.1 Å². The van der Waals surface area contributed by atoms with Crippen LogP contribution >= 0.6 is 0 Å². The summed E-state index contributed by atoms with van der Waals surface area (Å²) in [6.07, 6.45) is 0.970. The molecule has 150 valence electrons. The normalized spacial score (nSPS) is 15.1. The van der Waals surface area contributed by atoms with Crippen LogP contribution in [0.5, 0.6) is 0 Å². The second-order valence-corrected chi connectivity index (χ2v) is 6.99. The summed E-state index contributed by atoms with van der Waals surface area (Å²) in [5.74, 6) is -2.50. The van der Waals surface area contributed by atoms with Crippen molar-refractivity contribution in [3.05, 3.63) is 64.1 Å². The molecule has 3 aromatic rings. The zero-order valence-corrected chi connectivity index (χ0v) is 15.6. The van der Waals surface area contributed by atoms with Crippen molar-refractivity contribution in [1.29, 1.82) is 0 Å². The van der Waals surface area contributed by atoms with Gasteiger partial charge in [-0.1, -0.05) is 12.1 Å². The molecule has 0 amide bonds. The summed E-state index contributed by atoms with van der Waals surface area (Å²) in [5.41, 5.74) is -0.515. The zero-order valence-electron chi connectivity index (χ0n) is 15.6. The van der Waals surface area contributed by atoms with Gasteiger partial charge >= 0.3 is 5.97 Å². The third-order valence-electron chi connectivity index (χ3n) is 5.06. The van der Waals surface area contributed by atoms with Crippen LogP contribution < -0.4 is 10.5 Å². The zero-order chi connectivity index (χ0) is 20.7. The van der Waals surface area contributed by atoms with E-state index >= 15 is 0 Å². The van der Waals surface area contributed by atoms with E-state index < -0.39 is 28.7 Å². The Balaban J connectivity index is 1.97. The van der Waals surface area contributed by atoms with E-state index in [2.05, 4.69) is 9.88 Å². The number of benzene rings is 1. The SMILES string of the molecule is CN1CCN(c2nc3c(-c4ccc(F)cc4)cc(C(=O)O)c(=O)n3cc2F)CC1. The summed E-state index contributed by atoms with van der Waals surface area (Å²) in [6.45, 7) is 2.61. The number of piperazine rings is 1. The monoisotopic (exact) mass is 400 g/mol. The topological polar surface area (TPSA) is 78.2 Å². The van der Waals surface area contributed by atoms with Crippen LogP contribution in [0.1, 0.15) is 10.4 Å². The molecule has 9 heteroatoms. The standard InChI is InChI=1S/C20H18F2N4O3/c1-24-6-8-25(9-7-24)18-16(22)11-26-17(23-18)14(10-15(19(26)27)20(28)29)12-2-4-13(21)5-3-12/h2-5,10-11H,6-9H2,1H3,(H,28,29). The van der Waals surface area contributed by atoms with Gasteiger partial charge in [0.15, 0.2) is 11.6 Å². The highest BCUT2D eigenvalue weighted by molar-refractivity contribution is 5.91. The number of carboxylic acid groups (broad SMARTS) is 1. The number of carbonyl (C=O) groups is 1. The van der Waals surface area contributed by atoms with Gasteiger partial charge in [-0.2, -0.15) is 0 Å². The number of anilines is 1. The van der Waals surface area contributed by atoms with Gasteiger partial charge in [-0.05, 0) is 30.8 Å². The van der Waals surface area contributed by atoms with Crippen LogP contribution in [-0.4, -0.2) is 58.6 Å². The molecule has 0 bridgehead atoms. The fraction of sp³-hybridized carbons (Fsp3) is 0.250. The number of halogens is 2. The van der Waals surface area contributed by atoms with Crippen molar-refractivity contribution in [2.24, 2.45) is 0 Å². The largest absolute Gasteiger partial charge is 0.477 e. The van der Waals surface area contributed by atoms with E-state index in [9.17, 15) is 23.5 Å². The number of hydrogen-bond acceptors (Lipinski definition) is 5. The second kappa shape index (κ2) is 7.25. The number of nitrogens with zero attached hydrogens (tertiary/aromatic N) is 4. The van der Waals surface area contributed by atoms with Crippen molar-refractivity contribution in [3.63, 3.8) is 0 Å². The average molecular weight is 400 g/mol. The molecule has 4 rings (SSSR count). The van der Waals surface area contributed by atoms with Gasteiger partial charge in [-0.15, -0.1) is 0 Å². The molecule has 0 radical (unpaired) electrons. The number of fused-ring (bicyclic) bond motifs is 1. The molecular weight excluding hydrogens is 382 g/mol. The molecule has 3 heterocycles. The Bertz CT molecular complexity index is 1150. The third kappa shape index (κ3) is 3.44. The first-order chi connectivity index (χ1) is 13.8. The van der Waals surface area contributed by atoms with Gasteiger partial charge in [0, 0.05) is 31.7 Å². The third-order valence-corrected chi connectivity index (χ3v) is 5.06. The first kappa shape index (κ1) is 19.0. The second-order valence-electron chi connectivity index (χ2n) is 6.99. The maximum atomic E-state index is 14.8. The number of hydrogen-bond donors (Lipinski definition) is 1. The van der Waals surface area contributed by atoms with E-state index in [4.69, 9.17) is 0 Å². The van der Waals surface area contributed by atoms with Gasteiger partial charge in [0.2, 0.25) is 0 Å². The quantitative estimate of drug-likeness (QED) is 0.726. The lowest BCUT2D eigenvalue weighted by atomic mass is 10.0. The Labute approximate surface area is 164 Å². The van der Waals surface area contributed by atoms with Gasteiger partial charge in [0.1, 0.15) is 17.0 Å². The number of likely N-dealkylation sites (N-methyl/N-ethyl adjacent to an activating group) is 1. The van der Waals surface area contributed by atoms with Crippen LogP contribution in [0.4, 0.5) is 14.6 Å². The number of carboxylic acids is 1. The Hall–Kier alpha value is -3.33. The first-order valence-electron chi connectivity index (χ1n) is 9.04. The Kier molecular flexibility index (Phi) is 4.75. The van der Waals surface area contributed by atoms with Crippen LogP contribution in [0.2, 0.25) is 0 Å². The fourth-order valence-corrected chi connectivity index (χ4v) is 3.42. The van der Waals surface area contributed by atoms with Crippen LogP contribution in [0, 0.1) is 11.6 Å². The fourth-order valence-electron chi connectivity index (χ4n) is 3.42. The summed E-state index contributed by atoms with van der Waals surface area (Å²) < 4.78 is 29.1. The number of rotatable bonds is 3. The van der Waals surface area contributed by atoms with Crippen LogP contribution in [0.25, 0.3) is 16.8 Å². The van der Waals surface area contributed by atoms with Crippen molar-refractivity contribution < 1.29 is 18.7 Å². The van der Waals surface area contributed by atoms with E-state index in [1.165, 1.54) is 30.3 Å². The number of pyridine rings is 1. The molecule has 1 N–H and O–H groups in total. The highest BCUT2D eigenvalue weighted by atomic mass is 19.1. The van der Waals surface area contributed by atoms with Crippen molar-refractivity contribution in [1.82, 2.24) is 14.3 Å². The molecule has 1 aromatic carbocycles. The average Bonchev–Trinajstić information content (AvgIpc) is 2.70. The lowest BCUT2D eigenvalue weighted by molar-refractivity contribution is 0.0695. The van der Waals surface area contributed by atoms with Crippen molar-refractivity contribution in [2.75, 3.05) is 38.1 Å². The predicted molar refractivity (Wildman–Crippen MR) is 103 cm³/mol. The minimum absolute atomic E-state index is 0.101. The minimum Gasteiger partial charge on any atom is -0.477 e. The molecule has 0 atom stereocenters. The summed E-state index contributed by atoms with van der Waals surface area (Å²) in [7, 11) is 1.97. The molecule has 7 nitrogen and oxygen atoms in total. The van der Waals surface area contributed by atoms with E-state index in [-0.39, 0.29) is 11.5 Å². The van der Waals surface area contributed by atoms with E-state index in [1.54, 1.807) is 4.90 Å². The summed E-state index contributed by atoms with van der Waals surface area (Å²) >= 11 is 0. The molecule has 0 spiro atoms. The lowest BCUT2D eigenvalue weighted by Gasteiger charge is -2.33. The molecule has 1 saturated heterocycles. The Morgan fingerprint density at radius 1 is 1.10 bits per heavy atom. The van der Waals surface area contributed by atoms with E-state index in [0.717, 1.165) is 23.7 Å². The maximum Gasteiger partial charge on any atom is 0.341 e. The highest BCUT2D eigenvalue weighted by Gasteiger charge is 2.23. The molecule has 29 heavy (non-hydrogen) atoms. The van der Waals surface area contributed by atoms with Crippen LogP contribution in [0.15, 0.2) is 41.3 Å². The molecule has 1 fully saturated rings.